The summed E-state index contributed by atoms with van der Waals surface area (Å²) in [5.41, 5.74) is 2.59. The summed E-state index contributed by atoms with van der Waals surface area (Å²) in [4.78, 5) is 13.8. The maximum absolute atomic E-state index is 11.3. The molecule has 0 aromatic carbocycles. The number of nitrogens with one attached hydrogen (secondary N) is 1. The van der Waals surface area contributed by atoms with Crippen molar-refractivity contribution in [2.24, 2.45) is 5.84 Å². The van der Waals surface area contributed by atoms with Gasteiger partial charge in [0, 0.05) is 6.04 Å². The molecular weight excluding hydrogens is 230 g/mol. The molecule has 1 saturated carbocycles. The molecule has 18 heavy (non-hydrogen) atoms. The highest BCUT2D eigenvalue weighted by Gasteiger charge is 2.29. The van der Waals surface area contributed by atoms with Crippen LogP contribution < -0.4 is 11.3 Å². The second kappa shape index (κ2) is 6.02. The number of hydrazine groups is 1. The molecule has 1 aliphatic carbocycles. The number of hydrogen-bond acceptors (Lipinski definition) is 4. The van der Waals surface area contributed by atoms with Crippen LogP contribution in [0.25, 0.3) is 0 Å². The van der Waals surface area contributed by atoms with Crippen molar-refractivity contribution in [1.82, 2.24) is 10.3 Å². The average Bonchev–Trinajstić information content (AvgIpc) is 3.13. The van der Waals surface area contributed by atoms with Gasteiger partial charge in [-0.2, -0.15) is 0 Å². The first kappa shape index (κ1) is 13.1. The molecule has 100 valence electrons. The molecule has 1 fully saturated rings. The van der Waals surface area contributed by atoms with Crippen LogP contribution in [0.5, 0.6) is 0 Å². The molecule has 0 unspecified atom stereocenters. The van der Waals surface area contributed by atoms with Crippen LogP contribution in [0.15, 0.2) is 16.7 Å². The number of nitrogens with two attached hydrogens (primary N) is 1. The number of furan rings is 1. The van der Waals surface area contributed by atoms with Crippen LogP contribution >= 0.6 is 0 Å². The predicted octanol–water partition coefficient (Wildman–Crippen LogP) is 1.65. The molecule has 0 radical (unpaired) electrons. The zero-order valence-electron chi connectivity index (χ0n) is 10.8. The summed E-state index contributed by atoms with van der Waals surface area (Å²) in [5, 5.41) is 0. The van der Waals surface area contributed by atoms with E-state index in [4.69, 9.17) is 10.3 Å². The molecule has 0 aliphatic heterocycles. The summed E-state index contributed by atoms with van der Waals surface area (Å²) in [6, 6.07) is 2.47. The minimum atomic E-state index is -0.309. The lowest BCUT2D eigenvalue weighted by molar-refractivity contribution is 0.0953. The van der Waals surface area contributed by atoms with Crippen LogP contribution in [0.3, 0.4) is 0 Å². The highest BCUT2D eigenvalue weighted by Crippen LogP contribution is 2.28. The SMILES string of the molecule is CCCCN(Cc1cc(C(=O)NN)co1)C1CC1. The van der Waals surface area contributed by atoms with Crippen LogP contribution in [-0.4, -0.2) is 23.4 Å². The topological polar surface area (TPSA) is 71.5 Å². The molecule has 0 spiro atoms. The van der Waals surface area contributed by atoms with Crippen LogP contribution in [0.2, 0.25) is 0 Å². The minimum Gasteiger partial charge on any atom is -0.467 e. The van der Waals surface area contributed by atoms with E-state index in [9.17, 15) is 4.79 Å². The van der Waals surface area contributed by atoms with Crippen LogP contribution in [0.4, 0.5) is 0 Å². The molecule has 5 nitrogen and oxygen atoms in total. The number of carbonyl (C=O) groups excluding carboxylic acids is 1. The molecule has 3 N–H and O–H groups in total. The lowest BCUT2D eigenvalue weighted by atomic mass is 10.2. The van der Waals surface area contributed by atoms with Gasteiger partial charge in [-0.05, 0) is 31.9 Å². The number of amides is 1. The Morgan fingerprint density at radius 2 is 2.39 bits per heavy atom. The number of nitrogens with zero attached hydrogens (tertiary/aromatic N) is 1. The van der Waals surface area contributed by atoms with Gasteiger partial charge in [0.2, 0.25) is 0 Å². The fraction of sp³-hybridized carbons (Fsp3) is 0.615. The second-order valence-corrected chi connectivity index (χ2v) is 4.83. The van der Waals surface area contributed by atoms with E-state index in [1.165, 1.54) is 31.9 Å². The molecule has 2 rings (SSSR count). The van der Waals surface area contributed by atoms with Gasteiger partial charge in [0.15, 0.2) is 0 Å². The maximum atomic E-state index is 11.3. The van der Waals surface area contributed by atoms with Crippen molar-refractivity contribution in [3.05, 3.63) is 23.7 Å². The van der Waals surface area contributed by atoms with Gasteiger partial charge in [0.25, 0.3) is 5.91 Å². The van der Waals surface area contributed by atoms with Gasteiger partial charge < -0.3 is 4.42 Å². The van der Waals surface area contributed by atoms with Gasteiger partial charge in [-0.15, -0.1) is 0 Å². The normalized spacial score (nSPS) is 15.1. The molecule has 1 aliphatic rings. The highest BCUT2D eigenvalue weighted by molar-refractivity contribution is 5.93. The lowest BCUT2D eigenvalue weighted by Gasteiger charge is -2.20. The number of nitrogen functional groups attached to an aromatic ring is 1. The van der Waals surface area contributed by atoms with Gasteiger partial charge in [-0.3, -0.25) is 15.1 Å². The highest BCUT2D eigenvalue weighted by atomic mass is 16.3. The molecular formula is C13H21N3O2. The first-order valence-electron chi connectivity index (χ1n) is 6.57. The summed E-state index contributed by atoms with van der Waals surface area (Å²) in [6.07, 6.45) is 6.42. The lowest BCUT2D eigenvalue weighted by Crippen LogP contribution is -2.29. The van der Waals surface area contributed by atoms with Gasteiger partial charge >= 0.3 is 0 Å². The van der Waals surface area contributed by atoms with Crippen LogP contribution in [-0.2, 0) is 6.54 Å². The van der Waals surface area contributed by atoms with Crippen molar-refractivity contribution in [1.29, 1.82) is 0 Å². The number of unbranched alkanes of at least 4 members (excludes halogenated alkanes) is 1. The molecule has 1 aromatic heterocycles. The fourth-order valence-electron chi connectivity index (χ4n) is 2.06. The standard InChI is InChI=1S/C13H21N3O2/c1-2-3-6-16(11-4-5-11)8-12-7-10(9-18-12)13(17)15-14/h7,9,11H,2-6,8,14H2,1H3,(H,15,17). The Bertz CT molecular complexity index is 399. The van der Waals surface area contributed by atoms with Gasteiger partial charge in [0.05, 0.1) is 12.1 Å². The van der Waals surface area contributed by atoms with E-state index >= 15 is 0 Å². The van der Waals surface area contributed by atoms with Crippen molar-refractivity contribution in [3.8, 4) is 0 Å². The van der Waals surface area contributed by atoms with Crippen molar-refractivity contribution >= 4 is 5.91 Å². The quantitative estimate of drug-likeness (QED) is 0.439. The Hall–Kier alpha value is -1.33. The Morgan fingerprint density at radius 3 is 3.00 bits per heavy atom. The maximum Gasteiger partial charge on any atom is 0.268 e. The van der Waals surface area contributed by atoms with Crippen molar-refractivity contribution in [2.45, 2.75) is 45.2 Å². The predicted molar refractivity (Wildman–Crippen MR) is 68.7 cm³/mol. The summed E-state index contributed by atoms with van der Waals surface area (Å²) in [6.45, 7) is 4.07. The summed E-state index contributed by atoms with van der Waals surface area (Å²) < 4.78 is 5.42. The Balaban J connectivity index is 1.93. The number of carbonyl (C=O) groups is 1. The van der Waals surface area contributed by atoms with Crippen molar-refractivity contribution in [3.63, 3.8) is 0 Å². The van der Waals surface area contributed by atoms with Crippen molar-refractivity contribution in [2.75, 3.05) is 6.54 Å². The van der Waals surface area contributed by atoms with E-state index in [2.05, 4.69) is 17.2 Å². The zero-order valence-corrected chi connectivity index (χ0v) is 10.8. The summed E-state index contributed by atoms with van der Waals surface area (Å²) >= 11 is 0. The Morgan fingerprint density at radius 1 is 1.61 bits per heavy atom. The van der Waals surface area contributed by atoms with Gasteiger partial charge in [-0.1, -0.05) is 13.3 Å². The molecule has 0 atom stereocenters. The van der Waals surface area contributed by atoms with Crippen molar-refractivity contribution < 1.29 is 9.21 Å². The summed E-state index contributed by atoms with van der Waals surface area (Å²) in [5.74, 6) is 5.61. The molecule has 5 heteroatoms. The third kappa shape index (κ3) is 3.34. The van der Waals surface area contributed by atoms with Crippen LogP contribution in [0, 0.1) is 0 Å². The summed E-state index contributed by atoms with van der Waals surface area (Å²) in [7, 11) is 0. The monoisotopic (exact) mass is 251 g/mol. The van der Waals surface area contributed by atoms with E-state index in [1.807, 2.05) is 0 Å². The number of hydrogen-bond donors (Lipinski definition) is 2. The molecule has 0 bridgehead atoms. The number of rotatable bonds is 7. The van der Waals surface area contributed by atoms with E-state index < -0.39 is 0 Å². The van der Waals surface area contributed by atoms with E-state index in [-0.39, 0.29) is 5.91 Å². The first-order valence-corrected chi connectivity index (χ1v) is 6.57. The third-order valence-electron chi connectivity index (χ3n) is 3.27. The third-order valence-corrected chi connectivity index (χ3v) is 3.27. The van der Waals surface area contributed by atoms with Gasteiger partial charge in [0.1, 0.15) is 12.0 Å². The fourth-order valence-corrected chi connectivity index (χ4v) is 2.06. The Kier molecular flexibility index (Phi) is 4.38. The van der Waals surface area contributed by atoms with E-state index in [0.29, 0.717) is 11.6 Å². The average molecular weight is 251 g/mol. The first-order chi connectivity index (χ1) is 8.74. The smallest absolute Gasteiger partial charge is 0.268 e. The van der Waals surface area contributed by atoms with Gasteiger partial charge in [-0.25, -0.2) is 5.84 Å². The molecule has 1 amide bonds. The molecule has 1 heterocycles. The molecule has 0 saturated heterocycles. The molecule has 1 aromatic rings. The Labute approximate surface area is 107 Å². The minimum absolute atomic E-state index is 0.309. The zero-order chi connectivity index (χ0) is 13.0. The largest absolute Gasteiger partial charge is 0.467 e. The van der Waals surface area contributed by atoms with E-state index in [1.54, 1.807) is 6.07 Å². The van der Waals surface area contributed by atoms with Crippen LogP contribution in [0.1, 0.15) is 48.7 Å². The van der Waals surface area contributed by atoms with E-state index in [0.717, 1.165) is 18.8 Å². The second-order valence-electron chi connectivity index (χ2n) is 4.83.